The van der Waals surface area contributed by atoms with Crippen LogP contribution in [-0.4, -0.2) is 44.6 Å². The smallest absolute Gasteiger partial charge is 0.268 e. The molecule has 1 aliphatic heterocycles. The van der Waals surface area contributed by atoms with Crippen LogP contribution < -0.4 is 29.7 Å². The summed E-state index contributed by atoms with van der Waals surface area (Å²) in [6.07, 6.45) is -0.751. The Kier molecular flexibility index (Phi) is 6.86. The number of para-hydroxylation sites is 1. The van der Waals surface area contributed by atoms with Crippen LogP contribution in [-0.2, 0) is 9.59 Å². The van der Waals surface area contributed by atoms with E-state index in [0.29, 0.717) is 39.9 Å². The highest BCUT2D eigenvalue weighted by molar-refractivity contribution is 6.08. The Bertz CT molecular complexity index is 1260. The van der Waals surface area contributed by atoms with Crippen LogP contribution in [0.5, 0.6) is 17.2 Å². The Morgan fingerprint density at radius 1 is 0.914 bits per heavy atom. The predicted octanol–water partition coefficient (Wildman–Crippen LogP) is 3.71. The Balaban J connectivity index is 1.55. The highest BCUT2D eigenvalue weighted by Gasteiger charge is 2.33. The molecule has 1 atom stereocenters. The maximum absolute atomic E-state index is 12.9. The molecular formula is C26H25N3O6. The summed E-state index contributed by atoms with van der Waals surface area (Å²) in [5.41, 5.74) is 1.81. The van der Waals surface area contributed by atoms with Crippen molar-refractivity contribution in [2.45, 2.75) is 13.0 Å². The van der Waals surface area contributed by atoms with Gasteiger partial charge >= 0.3 is 0 Å². The highest BCUT2D eigenvalue weighted by Crippen LogP contribution is 2.36. The second kappa shape index (κ2) is 10.2. The summed E-state index contributed by atoms with van der Waals surface area (Å²) in [5.74, 6) is 0.277. The first kappa shape index (κ1) is 23.6. The molecular weight excluding hydrogens is 450 g/mol. The van der Waals surface area contributed by atoms with Gasteiger partial charge in [-0.3, -0.25) is 19.3 Å². The molecule has 1 aliphatic rings. The third kappa shape index (κ3) is 5.19. The van der Waals surface area contributed by atoms with Crippen molar-refractivity contribution in [1.82, 2.24) is 0 Å². The highest BCUT2D eigenvalue weighted by atomic mass is 16.5. The van der Waals surface area contributed by atoms with Gasteiger partial charge in [0, 0.05) is 16.9 Å². The quantitative estimate of drug-likeness (QED) is 0.540. The van der Waals surface area contributed by atoms with Crippen molar-refractivity contribution in [3.63, 3.8) is 0 Å². The van der Waals surface area contributed by atoms with Crippen LogP contribution in [0.3, 0.4) is 0 Å². The molecule has 0 aromatic heterocycles. The van der Waals surface area contributed by atoms with Crippen LogP contribution in [0.2, 0.25) is 0 Å². The van der Waals surface area contributed by atoms with Gasteiger partial charge in [0.05, 0.1) is 19.9 Å². The van der Waals surface area contributed by atoms with Gasteiger partial charge in [-0.15, -0.1) is 0 Å². The zero-order chi connectivity index (χ0) is 24.9. The molecule has 0 bridgehead atoms. The van der Waals surface area contributed by atoms with Crippen LogP contribution in [0.4, 0.5) is 17.1 Å². The van der Waals surface area contributed by atoms with Crippen LogP contribution in [0, 0.1) is 0 Å². The van der Waals surface area contributed by atoms with Crippen molar-refractivity contribution < 1.29 is 28.6 Å². The molecule has 4 rings (SSSR count). The van der Waals surface area contributed by atoms with Gasteiger partial charge in [-0.05, 0) is 55.5 Å². The summed E-state index contributed by atoms with van der Waals surface area (Å²) >= 11 is 0. The molecule has 0 saturated heterocycles. The number of ether oxygens (including phenoxy) is 3. The van der Waals surface area contributed by atoms with Crippen molar-refractivity contribution in [2.75, 3.05) is 36.3 Å². The van der Waals surface area contributed by atoms with E-state index < -0.39 is 6.10 Å². The summed E-state index contributed by atoms with van der Waals surface area (Å²) in [6.45, 7) is 1.42. The molecule has 3 aromatic rings. The number of amides is 3. The number of carbonyl (C=O) groups is 3. The first-order chi connectivity index (χ1) is 16.9. The summed E-state index contributed by atoms with van der Waals surface area (Å²) < 4.78 is 16.2. The van der Waals surface area contributed by atoms with Crippen molar-refractivity contribution >= 4 is 34.8 Å². The molecule has 0 aliphatic carbocycles. The van der Waals surface area contributed by atoms with Crippen LogP contribution in [0.15, 0.2) is 66.7 Å². The fourth-order valence-electron chi connectivity index (χ4n) is 3.69. The van der Waals surface area contributed by atoms with E-state index in [9.17, 15) is 14.4 Å². The molecule has 9 heteroatoms. The molecule has 0 radical (unpaired) electrons. The monoisotopic (exact) mass is 475 g/mol. The molecule has 9 nitrogen and oxygen atoms in total. The van der Waals surface area contributed by atoms with Gasteiger partial charge in [-0.1, -0.05) is 18.2 Å². The number of hydrogen-bond donors (Lipinski definition) is 2. The second-order valence-electron chi connectivity index (χ2n) is 7.81. The zero-order valence-electron chi connectivity index (χ0n) is 19.5. The number of benzene rings is 3. The SMILES string of the molecule is COc1ccc(C(=O)Nc2ccc3c(c2)N(CC(=O)Nc2ccccc2)C(=O)C(C)O3)cc1OC. The first-order valence-electron chi connectivity index (χ1n) is 10.9. The van der Waals surface area contributed by atoms with E-state index >= 15 is 0 Å². The fraction of sp³-hybridized carbons (Fsp3) is 0.192. The number of nitrogens with zero attached hydrogens (tertiary/aromatic N) is 1. The van der Waals surface area contributed by atoms with Crippen molar-refractivity contribution in [3.8, 4) is 17.2 Å². The summed E-state index contributed by atoms with van der Waals surface area (Å²) in [5, 5.41) is 5.59. The van der Waals surface area contributed by atoms with Gasteiger partial charge in [-0.2, -0.15) is 0 Å². The maximum Gasteiger partial charge on any atom is 0.268 e. The van der Waals surface area contributed by atoms with Crippen LogP contribution >= 0.6 is 0 Å². The standard InChI is InChI=1S/C26H25N3O6/c1-16-26(32)29(15-24(30)27-18-7-5-4-6-8-18)20-14-19(10-12-21(20)35-16)28-25(31)17-9-11-22(33-2)23(13-17)34-3/h4-14,16H,15H2,1-3H3,(H,27,30)(H,28,31). The van der Waals surface area contributed by atoms with E-state index in [1.807, 2.05) is 6.07 Å². The van der Waals surface area contributed by atoms with E-state index in [0.717, 1.165) is 0 Å². The fourth-order valence-corrected chi connectivity index (χ4v) is 3.69. The van der Waals surface area contributed by atoms with E-state index in [4.69, 9.17) is 14.2 Å². The van der Waals surface area contributed by atoms with Crippen molar-refractivity contribution in [3.05, 3.63) is 72.3 Å². The molecule has 2 N–H and O–H groups in total. The minimum atomic E-state index is -0.751. The average molecular weight is 476 g/mol. The lowest BCUT2D eigenvalue weighted by molar-refractivity contribution is -0.127. The first-order valence-corrected chi connectivity index (χ1v) is 10.9. The van der Waals surface area contributed by atoms with E-state index in [2.05, 4.69) is 10.6 Å². The number of fused-ring (bicyclic) bond motifs is 1. The van der Waals surface area contributed by atoms with Gasteiger partial charge in [0.1, 0.15) is 12.3 Å². The molecule has 0 spiro atoms. The van der Waals surface area contributed by atoms with Gasteiger partial charge in [0.15, 0.2) is 17.6 Å². The number of hydrogen-bond acceptors (Lipinski definition) is 6. The molecule has 3 amide bonds. The second-order valence-corrected chi connectivity index (χ2v) is 7.81. The maximum atomic E-state index is 12.9. The van der Waals surface area contributed by atoms with Crippen LogP contribution in [0.1, 0.15) is 17.3 Å². The van der Waals surface area contributed by atoms with Crippen molar-refractivity contribution in [1.29, 1.82) is 0 Å². The summed E-state index contributed by atoms with van der Waals surface area (Å²) in [6, 6.07) is 18.7. The number of carbonyl (C=O) groups excluding carboxylic acids is 3. The third-order valence-corrected chi connectivity index (χ3v) is 5.43. The molecule has 1 heterocycles. The predicted molar refractivity (Wildman–Crippen MR) is 131 cm³/mol. The minimum Gasteiger partial charge on any atom is -0.493 e. The van der Waals surface area contributed by atoms with Gasteiger partial charge in [0.25, 0.3) is 11.8 Å². The van der Waals surface area contributed by atoms with Crippen molar-refractivity contribution in [2.24, 2.45) is 0 Å². The lowest BCUT2D eigenvalue weighted by Crippen LogP contribution is -2.47. The Morgan fingerprint density at radius 2 is 1.66 bits per heavy atom. The Labute approximate surface area is 202 Å². The zero-order valence-corrected chi connectivity index (χ0v) is 19.5. The Morgan fingerprint density at radius 3 is 2.37 bits per heavy atom. The number of nitrogens with one attached hydrogen (secondary N) is 2. The summed E-state index contributed by atoms with van der Waals surface area (Å²) in [7, 11) is 3.00. The van der Waals surface area contributed by atoms with Gasteiger partial charge < -0.3 is 24.8 Å². The molecule has 3 aromatic carbocycles. The van der Waals surface area contributed by atoms with E-state index in [1.54, 1.807) is 67.6 Å². The van der Waals surface area contributed by atoms with Crippen LogP contribution in [0.25, 0.3) is 0 Å². The summed E-state index contributed by atoms with van der Waals surface area (Å²) in [4.78, 5) is 39.7. The average Bonchev–Trinajstić information content (AvgIpc) is 2.87. The Hall–Kier alpha value is -4.53. The molecule has 0 saturated carbocycles. The number of anilines is 3. The molecule has 35 heavy (non-hydrogen) atoms. The molecule has 0 fully saturated rings. The molecule has 1 unspecified atom stereocenters. The van der Waals surface area contributed by atoms with Gasteiger partial charge in [-0.25, -0.2) is 0 Å². The normalized spacial score (nSPS) is 14.4. The minimum absolute atomic E-state index is 0.207. The van der Waals surface area contributed by atoms with E-state index in [1.165, 1.54) is 19.1 Å². The molecule has 180 valence electrons. The largest absolute Gasteiger partial charge is 0.493 e. The number of methoxy groups -OCH3 is 2. The topological polar surface area (TPSA) is 106 Å². The number of rotatable bonds is 7. The third-order valence-electron chi connectivity index (χ3n) is 5.43. The lowest BCUT2D eigenvalue weighted by atomic mass is 10.1. The lowest BCUT2D eigenvalue weighted by Gasteiger charge is -2.33. The van der Waals surface area contributed by atoms with Gasteiger partial charge in [0.2, 0.25) is 5.91 Å². The van der Waals surface area contributed by atoms with E-state index in [-0.39, 0.29) is 24.3 Å².